The van der Waals surface area contributed by atoms with Gasteiger partial charge in [0.2, 0.25) is 5.91 Å². The second-order valence-electron chi connectivity index (χ2n) is 4.77. The van der Waals surface area contributed by atoms with E-state index in [4.69, 9.17) is 4.74 Å². The molecule has 0 aliphatic carbocycles. The van der Waals surface area contributed by atoms with Crippen molar-refractivity contribution in [1.29, 1.82) is 0 Å². The van der Waals surface area contributed by atoms with Gasteiger partial charge in [-0.1, -0.05) is 6.07 Å². The summed E-state index contributed by atoms with van der Waals surface area (Å²) in [6.45, 7) is 6.53. The topological polar surface area (TPSA) is 42.4 Å². The smallest absolute Gasteiger partial charge is 0.232 e. The number of amides is 1. The molecule has 0 atom stereocenters. The predicted octanol–water partition coefficient (Wildman–Crippen LogP) is 1.22. The minimum Gasteiger partial charge on any atom is -0.378 e. The van der Waals surface area contributed by atoms with E-state index < -0.39 is 5.41 Å². The molecule has 1 aliphatic rings. The van der Waals surface area contributed by atoms with Gasteiger partial charge in [0.05, 0.1) is 18.6 Å². The molecule has 4 heteroatoms. The highest BCUT2D eigenvalue weighted by Crippen LogP contribution is 2.25. The summed E-state index contributed by atoms with van der Waals surface area (Å²) in [4.78, 5) is 18.4. The minimum absolute atomic E-state index is 0.147. The highest BCUT2D eigenvalue weighted by atomic mass is 16.5. The number of pyridine rings is 1. The molecule has 17 heavy (non-hydrogen) atoms. The van der Waals surface area contributed by atoms with Gasteiger partial charge in [-0.15, -0.1) is 0 Å². The van der Waals surface area contributed by atoms with Crippen molar-refractivity contribution in [3.8, 4) is 0 Å². The maximum absolute atomic E-state index is 12.5. The van der Waals surface area contributed by atoms with Crippen LogP contribution in [0, 0.1) is 0 Å². The van der Waals surface area contributed by atoms with Gasteiger partial charge in [0.1, 0.15) is 0 Å². The highest BCUT2D eigenvalue weighted by Gasteiger charge is 2.34. The van der Waals surface area contributed by atoms with Crippen molar-refractivity contribution in [1.82, 2.24) is 9.88 Å². The molecule has 0 N–H and O–H groups in total. The Balaban J connectivity index is 2.17. The number of rotatable bonds is 2. The molecule has 1 aliphatic heterocycles. The maximum Gasteiger partial charge on any atom is 0.232 e. The van der Waals surface area contributed by atoms with E-state index in [9.17, 15) is 4.79 Å². The van der Waals surface area contributed by atoms with E-state index in [1.165, 1.54) is 0 Å². The first-order valence-corrected chi connectivity index (χ1v) is 5.90. The molecule has 0 saturated carbocycles. The van der Waals surface area contributed by atoms with Gasteiger partial charge < -0.3 is 9.64 Å². The van der Waals surface area contributed by atoms with E-state index in [0.717, 1.165) is 5.56 Å². The van der Waals surface area contributed by atoms with Crippen molar-refractivity contribution < 1.29 is 9.53 Å². The van der Waals surface area contributed by atoms with Gasteiger partial charge in [-0.2, -0.15) is 0 Å². The predicted molar refractivity (Wildman–Crippen MR) is 64.7 cm³/mol. The van der Waals surface area contributed by atoms with Gasteiger partial charge in [0.25, 0.3) is 0 Å². The number of ether oxygens (including phenoxy) is 1. The van der Waals surface area contributed by atoms with Crippen molar-refractivity contribution in [3.05, 3.63) is 30.1 Å². The molecule has 1 aromatic rings. The summed E-state index contributed by atoms with van der Waals surface area (Å²) in [6, 6.07) is 3.81. The fraction of sp³-hybridized carbons (Fsp3) is 0.538. The van der Waals surface area contributed by atoms with Crippen LogP contribution in [0.2, 0.25) is 0 Å². The summed E-state index contributed by atoms with van der Waals surface area (Å²) >= 11 is 0. The zero-order chi connectivity index (χ0) is 12.3. The molecule has 1 fully saturated rings. The van der Waals surface area contributed by atoms with Crippen LogP contribution in [0.25, 0.3) is 0 Å². The molecular formula is C13H18N2O2. The summed E-state index contributed by atoms with van der Waals surface area (Å²) < 4.78 is 5.26. The van der Waals surface area contributed by atoms with E-state index in [0.29, 0.717) is 26.3 Å². The lowest BCUT2D eigenvalue weighted by molar-refractivity contribution is -0.140. The first-order chi connectivity index (χ1) is 8.12. The Labute approximate surface area is 102 Å². The van der Waals surface area contributed by atoms with Crippen LogP contribution in [0.15, 0.2) is 24.5 Å². The lowest BCUT2D eigenvalue weighted by atomic mass is 9.84. The van der Waals surface area contributed by atoms with Gasteiger partial charge in [0.15, 0.2) is 0 Å². The van der Waals surface area contributed by atoms with Gasteiger partial charge in [-0.3, -0.25) is 9.78 Å². The molecular weight excluding hydrogens is 216 g/mol. The second kappa shape index (κ2) is 4.84. The fourth-order valence-corrected chi connectivity index (χ4v) is 2.02. The van der Waals surface area contributed by atoms with Crippen molar-refractivity contribution >= 4 is 5.91 Å². The summed E-state index contributed by atoms with van der Waals surface area (Å²) in [5.74, 6) is 0.147. The Kier molecular flexibility index (Phi) is 3.43. The zero-order valence-corrected chi connectivity index (χ0v) is 10.3. The van der Waals surface area contributed by atoms with Crippen LogP contribution in [-0.4, -0.2) is 42.1 Å². The Bertz CT molecular complexity index is 384. The molecule has 4 nitrogen and oxygen atoms in total. The largest absolute Gasteiger partial charge is 0.378 e. The normalized spacial score (nSPS) is 16.9. The number of nitrogens with zero attached hydrogens (tertiary/aromatic N) is 2. The molecule has 92 valence electrons. The number of aromatic nitrogens is 1. The van der Waals surface area contributed by atoms with Crippen LogP contribution in [0.5, 0.6) is 0 Å². The van der Waals surface area contributed by atoms with E-state index in [1.54, 1.807) is 12.4 Å². The van der Waals surface area contributed by atoms with E-state index in [-0.39, 0.29) is 5.91 Å². The Hall–Kier alpha value is -1.42. The third-order valence-electron chi connectivity index (χ3n) is 3.22. The highest BCUT2D eigenvalue weighted by molar-refractivity contribution is 5.87. The Morgan fingerprint density at radius 1 is 1.41 bits per heavy atom. The van der Waals surface area contributed by atoms with Crippen LogP contribution in [0.4, 0.5) is 0 Å². The van der Waals surface area contributed by atoms with E-state index in [2.05, 4.69) is 4.98 Å². The third kappa shape index (κ3) is 2.47. The third-order valence-corrected chi connectivity index (χ3v) is 3.22. The first-order valence-electron chi connectivity index (χ1n) is 5.90. The van der Waals surface area contributed by atoms with Gasteiger partial charge >= 0.3 is 0 Å². The molecule has 1 aromatic heterocycles. The monoisotopic (exact) mass is 234 g/mol. The Morgan fingerprint density at radius 3 is 2.71 bits per heavy atom. The molecule has 0 spiro atoms. The molecule has 0 radical (unpaired) electrons. The van der Waals surface area contributed by atoms with Crippen LogP contribution in [-0.2, 0) is 14.9 Å². The van der Waals surface area contributed by atoms with Gasteiger partial charge in [0, 0.05) is 25.5 Å². The van der Waals surface area contributed by atoms with Crippen molar-refractivity contribution in [2.45, 2.75) is 19.3 Å². The number of morpholine rings is 1. The van der Waals surface area contributed by atoms with E-state index in [1.807, 2.05) is 30.9 Å². The average Bonchev–Trinajstić information content (AvgIpc) is 2.40. The molecule has 1 saturated heterocycles. The summed E-state index contributed by atoms with van der Waals surface area (Å²) in [5, 5.41) is 0. The van der Waals surface area contributed by atoms with Crippen molar-refractivity contribution in [3.63, 3.8) is 0 Å². The first kappa shape index (κ1) is 12.0. The second-order valence-corrected chi connectivity index (χ2v) is 4.77. The maximum atomic E-state index is 12.5. The van der Waals surface area contributed by atoms with Crippen LogP contribution in [0.1, 0.15) is 19.4 Å². The molecule has 0 unspecified atom stereocenters. The standard InChI is InChI=1S/C13H18N2O2/c1-13(2,11-4-3-5-14-10-11)12(16)15-6-8-17-9-7-15/h3-5,10H,6-9H2,1-2H3. The number of carbonyl (C=O) groups excluding carboxylic acids is 1. The number of hydrogen-bond donors (Lipinski definition) is 0. The van der Waals surface area contributed by atoms with Gasteiger partial charge in [-0.05, 0) is 25.5 Å². The van der Waals surface area contributed by atoms with Crippen molar-refractivity contribution in [2.24, 2.45) is 0 Å². The SMILES string of the molecule is CC(C)(C(=O)N1CCOCC1)c1cccnc1. The lowest BCUT2D eigenvalue weighted by Gasteiger charge is -2.34. The zero-order valence-electron chi connectivity index (χ0n) is 10.3. The summed E-state index contributed by atoms with van der Waals surface area (Å²) in [6.07, 6.45) is 3.48. The molecule has 1 amide bonds. The number of hydrogen-bond acceptors (Lipinski definition) is 3. The van der Waals surface area contributed by atoms with Crippen molar-refractivity contribution in [2.75, 3.05) is 26.3 Å². The average molecular weight is 234 g/mol. The van der Waals surface area contributed by atoms with Crippen LogP contribution in [0.3, 0.4) is 0 Å². The Morgan fingerprint density at radius 2 is 2.12 bits per heavy atom. The molecule has 0 aromatic carbocycles. The van der Waals surface area contributed by atoms with Crippen LogP contribution < -0.4 is 0 Å². The molecule has 0 bridgehead atoms. The summed E-state index contributed by atoms with van der Waals surface area (Å²) in [5.41, 5.74) is 0.433. The summed E-state index contributed by atoms with van der Waals surface area (Å²) in [7, 11) is 0. The van der Waals surface area contributed by atoms with Crippen LogP contribution >= 0.6 is 0 Å². The molecule has 2 rings (SSSR count). The number of carbonyl (C=O) groups is 1. The quantitative estimate of drug-likeness (QED) is 0.772. The molecule has 2 heterocycles. The fourth-order valence-electron chi connectivity index (χ4n) is 2.02. The lowest BCUT2D eigenvalue weighted by Crippen LogP contribution is -2.48. The minimum atomic E-state index is -0.522. The van der Waals surface area contributed by atoms with E-state index >= 15 is 0 Å². The van der Waals surface area contributed by atoms with Gasteiger partial charge in [-0.25, -0.2) is 0 Å².